The van der Waals surface area contributed by atoms with Gasteiger partial charge >= 0.3 is 0 Å². The summed E-state index contributed by atoms with van der Waals surface area (Å²) >= 11 is 0. The molecule has 0 amide bonds. The first kappa shape index (κ1) is 9.21. The molecule has 80 valence electrons. The van der Waals surface area contributed by atoms with E-state index in [1.165, 1.54) is 32.1 Å². The molecular formula is C13H23N. The van der Waals surface area contributed by atoms with Crippen LogP contribution < -0.4 is 5.32 Å². The molecule has 0 radical (unpaired) electrons. The molecule has 3 aliphatic rings. The van der Waals surface area contributed by atoms with E-state index in [9.17, 15) is 0 Å². The van der Waals surface area contributed by atoms with Gasteiger partial charge in [-0.25, -0.2) is 0 Å². The predicted octanol–water partition coefficient (Wildman–Crippen LogP) is 2.95. The van der Waals surface area contributed by atoms with Crippen LogP contribution in [-0.2, 0) is 0 Å². The van der Waals surface area contributed by atoms with Gasteiger partial charge in [-0.2, -0.15) is 0 Å². The third kappa shape index (κ3) is 1.71. The van der Waals surface area contributed by atoms with Gasteiger partial charge in [0, 0.05) is 12.1 Å². The minimum absolute atomic E-state index is 0.610. The van der Waals surface area contributed by atoms with Crippen LogP contribution in [0.25, 0.3) is 0 Å². The van der Waals surface area contributed by atoms with Crippen molar-refractivity contribution in [1.29, 1.82) is 0 Å². The Morgan fingerprint density at radius 1 is 1.00 bits per heavy atom. The summed E-state index contributed by atoms with van der Waals surface area (Å²) < 4.78 is 0. The largest absolute Gasteiger partial charge is 0.311 e. The third-order valence-electron chi connectivity index (χ3n) is 4.68. The molecule has 0 aromatic rings. The van der Waals surface area contributed by atoms with Crippen molar-refractivity contribution in [2.45, 2.75) is 64.5 Å². The molecule has 14 heavy (non-hydrogen) atoms. The zero-order valence-electron chi connectivity index (χ0n) is 9.55. The third-order valence-corrected chi connectivity index (χ3v) is 4.68. The SMILES string of the molecule is CC1(C)CCC(NC2CC3CC3C2)C1. The normalized spacial score (nSPS) is 49.3. The van der Waals surface area contributed by atoms with Gasteiger partial charge < -0.3 is 5.32 Å². The van der Waals surface area contributed by atoms with Crippen molar-refractivity contribution >= 4 is 0 Å². The predicted molar refractivity (Wildman–Crippen MR) is 59.2 cm³/mol. The highest BCUT2D eigenvalue weighted by Crippen LogP contribution is 2.52. The minimum Gasteiger partial charge on any atom is -0.311 e. The summed E-state index contributed by atoms with van der Waals surface area (Å²) in [6, 6.07) is 1.73. The molecule has 1 heteroatoms. The summed E-state index contributed by atoms with van der Waals surface area (Å²) in [6.45, 7) is 4.83. The van der Waals surface area contributed by atoms with E-state index < -0.39 is 0 Å². The molecule has 3 aliphatic carbocycles. The lowest BCUT2D eigenvalue weighted by atomic mass is 9.91. The Hall–Kier alpha value is -0.0400. The van der Waals surface area contributed by atoms with Gasteiger partial charge in [-0.15, -0.1) is 0 Å². The second-order valence-corrected chi connectivity index (χ2v) is 6.69. The molecule has 0 bridgehead atoms. The average Bonchev–Trinajstić information content (AvgIpc) is 2.53. The summed E-state index contributed by atoms with van der Waals surface area (Å²) in [6.07, 6.45) is 8.76. The van der Waals surface area contributed by atoms with Gasteiger partial charge in [0.05, 0.1) is 0 Å². The number of hydrogen-bond acceptors (Lipinski definition) is 1. The molecule has 0 aliphatic heterocycles. The lowest BCUT2D eigenvalue weighted by Crippen LogP contribution is -2.36. The van der Waals surface area contributed by atoms with Crippen molar-refractivity contribution in [3.8, 4) is 0 Å². The van der Waals surface area contributed by atoms with E-state index in [0.717, 1.165) is 23.9 Å². The van der Waals surface area contributed by atoms with Gasteiger partial charge in [-0.05, 0) is 55.8 Å². The van der Waals surface area contributed by atoms with Gasteiger partial charge in [-0.3, -0.25) is 0 Å². The van der Waals surface area contributed by atoms with E-state index in [2.05, 4.69) is 19.2 Å². The van der Waals surface area contributed by atoms with E-state index in [1.807, 2.05) is 0 Å². The fourth-order valence-corrected chi connectivity index (χ4v) is 3.76. The summed E-state index contributed by atoms with van der Waals surface area (Å²) in [5.74, 6) is 2.25. The van der Waals surface area contributed by atoms with Crippen molar-refractivity contribution in [1.82, 2.24) is 5.32 Å². The molecule has 0 saturated heterocycles. The van der Waals surface area contributed by atoms with Crippen LogP contribution in [0.3, 0.4) is 0 Å². The first-order chi connectivity index (χ1) is 6.62. The van der Waals surface area contributed by atoms with E-state index in [0.29, 0.717) is 5.41 Å². The number of rotatable bonds is 2. The quantitative estimate of drug-likeness (QED) is 0.711. The lowest BCUT2D eigenvalue weighted by molar-refractivity contribution is 0.346. The maximum atomic E-state index is 3.89. The second-order valence-electron chi connectivity index (χ2n) is 6.69. The Morgan fingerprint density at radius 3 is 2.29 bits per heavy atom. The van der Waals surface area contributed by atoms with Crippen molar-refractivity contribution < 1.29 is 0 Å². The molecule has 0 aromatic heterocycles. The molecule has 3 saturated carbocycles. The Balaban J connectivity index is 1.49. The topological polar surface area (TPSA) is 12.0 Å². The molecule has 3 atom stereocenters. The first-order valence-electron chi connectivity index (χ1n) is 6.38. The summed E-state index contributed by atoms with van der Waals surface area (Å²) in [7, 11) is 0. The monoisotopic (exact) mass is 193 g/mol. The molecule has 1 nitrogen and oxygen atoms in total. The van der Waals surface area contributed by atoms with Gasteiger partial charge in [0.15, 0.2) is 0 Å². The number of nitrogens with one attached hydrogen (secondary N) is 1. The summed E-state index contributed by atoms with van der Waals surface area (Å²) in [5.41, 5.74) is 0.610. The molecule has 0 aromatic carbocycles. The van der Waals surface area contributed by atoms with Gasteiger partial charge in [0.1, 0.15) is 0 Å². The van der Waals surface area contributed by atoms with Crippen LogP contribution in [0, 0.1) is 17.3 Å². The lowest BCUT2D eigenvalue weighted by Gasteiger charge is -2.22. The van der Waals surface area contributed by atoms with Crippen molar-refractivity contribution in [2.75, 3.05) is 0 Å². The maximum absolute atomic E-state index is 3.89. The standard InChI is InChI=1S/C13H23N/c1-13(2)4-3-11(8-13)14-12-6-9-5-10(9)7-12/h9-12,14H,3-8H2,1-2H3. The minimum atomic E-state index is 0.610. The summed E-state index contributed by atoms with van der Waals surface area (Å²) in [4.78, 5) is 0. The van der Waals surface area contributed by atoms with Crippen LogP contribution in [0.15, 0.2) is 0 Å². The highest BCUT2D eigenvalue weighted by atomic mass is 15.0. The van der Waals surface area contributed by atoms with E-state index >= 15 is 0 Å². The molecule has 3 rings (SSSR count). The molecule has 3 fully saturated rings. The smallest absolute Gasteiger partial charge is 0.00751 e. The highest BCUT2D eigenvalue weighted by Gasteiger charge is 2.46. The second kappa shape index (κ2) is 2.98. The van der Waals surface area contributed by atoms with E-state index in [1.54, 1.807) is 6.42 Å². The maximum Gasteiger partial charge on any atom is 0.00751 e. The molecule has 1 N–H and O–H groups in total. The zero-order valence-corrected chi connectivity index (χ0v) is 9.55. The Morgan fingerprint density at radius 2 is 1.71 bits per heavy atom. The molecule has 3 unspecified atom stereocenters. The molecule has 0 spiro atoms. The Kier molecular flexibility index (Phi) is 1.96. The summed E-state index contributed by atoms with van der Waals surface area (Å²) in [5, 5.41) is 3.89. The van der Waals surface area contributed by atoms with Crippen LogP contribution in [0.4, 0.5) is 0 Å². The van der Waals surface area contributed by atoms with Crippen LogP contribution in [0.2, 0.25) is 0 Å². The highest BCUT2D eigenvalue weighted by molar-refractivity contribution is 5.00. The fraction of sp³-hybridized carbons (Fsp3) is 1.00. The number of fused-ring (bicyclic) bond motifs is 1. The first-order valence-corrected chi connectivity index (χ1v) is 6.38. The Labute approximate surface area is 87.7 Å². The average molecular weight is 193 g/mol. The van der Waals surface area contributed by atoms with Gasteiger partial charge in [-0.1, -0.05) is 13.8 Å². The van der Waals surface area contributed by atoms with Crippen LogP contribution in [0.5, 0.6) is 0 Å². The van der Waals surface area contributed by atoms with Crippen molar-refractivity contribution in [2.24, 2.45) is 17.3 Å². The van der Waals surface area contributed by atoms with Crippen LogP contribution in [-0.4, -0.2) is 12.1 Å². The van der Waals surface area contributed by atoms with E-state index in [4.69, 9.17) is 0 Å². The Bertz CT molecular complexity index is 223. The zero-order chi connectivity index (χ0) is 9.76. The molecular weight excluding hydrogens is 170 g/mol. The van der Waals surface area contributed by atoms with Gasteiger partial charge in [0.25, 0.3) is 0 Å². The van der Waals surface area contributed by atoms with E-state index in [-0.39, 0.29) is 0 Å². The van der Waals surface area contributed by atoms with Crippen LogP contribution in [0.1, 0.15) is 52.4 Å². The fourth-order valence-electron chi connectivity index (χ4n) is 3.76. The van der Waals surface area contributed by atoms with Crippen molar-refractivity contribution in [3.63, 3.8) is 0 Å². The molecule has 0 heterocycles. The van der Waals surface area contributed by atoms with Crippen LogP contribution >= 0.6 is 0 Å². The number of hydrogen-bond donors (Lipinski definition) is 1. The van der Waals surface area contributed by atoms with Gasteiger partial charge in [0.2, 0.25) is 0 Å². The van der Waals surface area contributed by atoms with Crippen molar-refractivity contribution in [3.05, 3.63) is 0 Å².